The van der Waals surface area contributed by atoms with Gasteiger partial charge in [-0.3, -0.25) is 4.79 Å². The van der Waals surface area contributed by atoms with Gasteiger partial charge in [0.1, 0.15) is 0 Å². The van der Waals surface area contributed by atoms with E-state index in [0.29, 0.717) is 12.2 Å². The topological polar surface area (TPSA) is 81.4 Å². The van der Waals surface area contributed by atoms with E-state index in [1.807, 2.05) is 0 Å². The predicted molar refractivity (Wildman–Crippen MR) is 69.4 cm³/mol. The van der Waals surface area contributed by atoms with Crippen molar-refractivity contribution in [1.29, 1.82) is 0 Å². The number of amides is 1. The predicted octanol–water partition coefficient (Wildman–Crippen LogP) is 1.60. The van der Waals surface area contributed by atoms with E-state index in [9.17, 15) is 9.59 Å². The summed E-state index contributed by atoms with van der Waals surface area (Å²) < 4.78 is 5.00. The van der Waals surface area contributed by atoms with Crippen molar-refractivity contribution in [2.75, 3.05) is 12.3 Å². The molecule has 1 aromatic carbocycles. The molecule has 0 fully saturated rings. The van der Waals surface area contributed by atoms with Gasteiger partial charge in [0.15, 0.2) is 6.10 Å². The van der Waals surface area contributed by atoms with Gasteiger partial charge in [0, 0.05) is 12.2 Å². The maximum Gasteiger partial charge on any atom is 0.340 e. The van der Waals surface area contributed by atoms with E-state index in [-0.39, 0.29) is 16.5 Å². The molecule has 0 bridgehead atoms. The lowest BCUT2D eigenvalue weighted by atomic mass is 10.2. The van der Waals surface area contributed by atoms with E-state index in [1.165, 1.54) is 19.1 Å². The van der Waals surface area contributed by atoms with Crippen molar-refractivity contribution in [2.24, 2.45) is 0 Å². The number of hydrogen-bond donors (Lipinski definition) is 2. The summed E-state index contributed by atoms with van der Waals surface area (Å²) in [5.74, 6) is -1.03. The Morgan fingerprint density at radius 3 is 2.78 bits per heavy atom. The summed E-state index contributed by atoms with van der Waals surface area (Å²) in [4.78, 5) is 23.2. The van der Waals surface area contributed by atoms with Crippen LogP contribution >= 0.6 is 11.6 Å². The van der Waals surface area contributed by atoms with Crippen molar-refractivity contribution >= 4 is 29.2 Å². The van der Waals surface area contributed by atoms with Crippen LogP contribution in [0.4, 0.5) is 5.69 Å². The summed E-state index contributed by atoms with van der Waals surface area (Å²) >= 11 is 5.86. The zero-order valence-electron chi connectivity index (χ0n) is 10.2. The maximum absolute atomic E-state index is 11.8. The number of anilines is 1. The summed E-state index contributed by atoms with van der Waals surface area (Å²) in [5.41, 5.74) is 6.10. The number of ether oxygens (including phenoxy) is 1. The fraction of sp³-hybridized carbons (Fsp3) is 0.333. The van der Waals surface area contributed by atoms with Crippen LogP contribution in [0.25, 0.3) is 0 Å². The Morgan fingerprint density at radius 1 is 1.50 bits per heavy atom. The Hall–Kier alpha value is -1.75. The van der Waals surface area contributed by atoms with Gasteiger partial charge in [0.25, 0.3) is 5.91 Å². The van der Waals surface area contributed by atoms with Crippen LogP contribution in [0, 0.1) is 0 Å². The molecule has 1 amide bonds. The number of carbonyl (C=O) groups is 2. The molecule has 0 saturated heterocycles. The Bertz CT molecular complexity index is 463. The first kappa shape index (κ1) is 14.3. The monoisotopic (exact) mass is 270 g/mol. The highest BCUT2D eigenvalue weighted by Crippen LogP contribution is 2.20. The zero-order valence-corrected chi connectivity index (χ0v) is 11.0. The molecule has 0 spiro atoms. The second-order valence-electron chi connectivity index (χ2n) is 3.68. The number of nitrogen functional groups attached to an aromatic ring is 1. The molecule has 1 rings (SSSR count). The lowest BCUT2D eigenvalue weighted by molar-refractivity contribution is -0.128. The van der Waals surface area contributed by atoms with Crippen molar-refractivity contribution in [2.45, 2.75) is 20.0 Å². The van der Waals surface area contributed by atoms with Gasteiger partial charge in [-0.15, -0.1) is 0 Å². The minimum Gasteiger partial charge on any atom is -0.449 e. The standard InChI is InChI=1S/C12H15ClN2O3/c1-3-15-11(16)7(2)18-12(17)9-6-8(14)4-5-10(9)13/h4-7H,3,14H2,1-2H3,(H,15,16). The van der Waals surface area contributed by atoms with E-state index < -0.39 is 12.1 Å². The minimum absolute atomic E-state index is 0.146. The first-order valence-electron chi connectivity index (χ1n) is 5.49. The van der Waals surface area contributed by atoms with E-state index in [0.717, 1.165) is 0 Å². The molecule has 18 heavy (non-hydrogen) atoms. The fourth-order valence-electron chi connectivity index (χ4n) is 1.29. The molecule has 0 heterocycles. The number of rotatable bonds is 4. The second-order valence-corrected chi connectivity index (χ2v) is 4.09. The zero-order chi connectivity index (χ0) is 13.7. The number of likely N-dealkylation sites (N-methyl/N-ethyl adjacent to an activating group) is 1. The molecular weight excluding hydrogens is 256 g/mol. The van der Waals surface area contributed by atoms with E-state index in [2.05, 4.69) is 5.32 Å². The summed E-state index contributed by atoms with van der Waals surface area (Å²) in [7, 11) is 0. The highest BCUT2D eigenvalue weighted by atomic mass is 35.5. The van der Waals surface area contributed by atoms with Crippen molar-refractivity contribution in [3.63, 3.8) is 0 Å². The molecule has 3 N–H and O–H groups in total. The molecule has 98 valence electrons. The van der Waals surface area contributed by atoms with Gasteiger partial charge in [-0.1, -0.05) is 11.6 Å². The number of nitrogens with two attached hydrogens (primary N) is 1. The van der Waals surface area contributed by atoms with Crippen LogP contribution < -0.4 is 11.1 Å². The number of hydrogen-bond acceptors (Lipinski definition) is 4. The number of benzene rings is 1. The van der Waals surface area contributed by atoms with E-state index in [4.69, 9.17) is 22.1 Å². The average Bonchev–Trinajstić information content (AvgIpc) is 2.32. The number of halogens is 1. The van der Waals surface area contributed by atoms with Gasteiger partial charge in [0.05, 0.1) is 10.6 Å². The summed E-state index contributed by atoms with van der Waals surface area (Å²) in [6.07, 6.45) is -0.880. The Balaban J connectivity index is 2.76. The fourth-order valence-corrected chi connectivity index (χ4v) is 1.49. The molecule has 1 unspecified atom stereocenters. The minimum atomic E-state index is -0.880. The van der Waals surface area contributed by atoms with Crippen molar-refractivity contribution < 1.29 is 14.3 Å². The van der Waals surface area contributed by atoms with Gasteiger partial charge in [-0.2, -0.15) is 0 Å². The smallest absolute Gasteiger partial charge is 0.340 e. The highest BCUT2D eigenvalue weighted by molar-refractivity contribution is 6.33. The van der Waals surface area contributed by atoms with Crippen LogP contribution in [-0.4, -0.2) is 24.5 Å². The van der Waals surface area contributed by atoms with Crippen LogP contribution in [0.2, 0.25) is 5.02 Å². The largest absolute Gasteiger partial charge is 0.449 e. The molecule has 0 aliphatic rings. The quantitative estimate of drug-likeness (QED) is 0.643. The van der Waals surface area contributed by atoms with Crippen LogP contribution in [0.1, 0.15) is 24.2 Å². The van der Waals surface area contributed by atoms with E-state index >= 15 is 0 Å². The average molecular weight is 271 g/mol. The maximum atomic E-state index is 11.8. The highest BCUT2D eigenvalue weighted by Gasteiger charge is 2.20. The lowest BCUT2D eigenvalue weighted by Gasteiger charge is -2.13. The Labute approximate surface area is 110 Å². The van der Waals surface area contributed by atoms with Gasteiger partial charge in [-0.05, 0) is 32.0 Å². The van der Waals surface area contributed by atoms with Crippen LogP contribution in [0.15, 0.2) is 18.2 Å². The molecule has 0 aliphatic carbocycles. The third kappa shape index (κ3) is 3.63. The third-order valence-electron chi connectivity index (χ3n) is 2.21. The molecule has 0 radical (unpaired) electrons. The summed E-state index contributed by atoms with van der Waals surface area (Å²) in [6, 6.07) is 4.49. The molecular formula is C12H15ClN2O3. The van der Waals surface area contributed by atoms with Crippen molar-refractivity contribution in [1.82, 2.24) is 5.32 Å². The molecule has 1 aromatic rings. The van der Waals surface area contributed by atoms with Crippen LogP contribution in [0.5, 0.6) is 0 Å². The lowest BCUT2D eigenvalue weighted by Crippen LogP contribution is -2.35. The van der Waals surface area contributed by atoms with Gasteiger partial charge in [0.2, 0.25) is 0 Å². The number of nitrogens with one attached hydrogen (secondary N) is 1. The first-order chi connectivity index (χ1) is 8.45. The van der Waals surface area contributed by atoms with E-state index in [1.54, 1.807) is 13.0 Å². The van der Waals surface area contributed by atoms with Crippen LogP contribution in [0.3, 0.4) is 0 Å². The van der Waals surface area contributed by atoms with Gasteiger partial charge < -0.3 is 15.8 Å². The molecule has 1 atom stereocenters. The molecule has 5 nitrogen and oxygen atoms in total. The van der Waals surface area contributed by atoms with Crippen molar-refractivity contribution in [3.8, 4) is 0 Å². The number of carbonyl (C=O) groups excluding carboxylic acids is 2. The SMILES string of the molecule is CCNC(=O)C(C)OC(=O)c1cc(N)ccc1Cl. The van der Waals surface area contributed by atoms with Crippen LogP contribution in [-0.2, 0) is 9.53 Å². The normalized spacial score (nSPS) is 11.7. The molecule has 6 heteroatoms. The third-order valence-corrected chi connectivity index (χ3v) is 2.54. The Morgan fingerprint density at radius 2 is 2.17 bits per heavy atom. The first-order valence-corrected chi connectivity index (χ1v) is 5.87. The molecule has 0 aliphatic heterocycles. The molecule has 0 aromatic heterocycles. The van der Waals surface area contributed by atoms with Crippen molar-refractivity contribution in [3.05, 3.63) is 28.8 Å². The summed E-state index contributed by atoms with van der Waals surface area (Å²) in [6.45, 7) is 3.74. The second kappa shape index (κ2) is 6.26. The number of esters is 1. The Kier molecular flexibility index (Phi) is 4.97. The molecule has 0 saturated carbocycles. The summed E-state index contributed by atoms with van der Waals surface area (Å²) in [5, 5.41) is 2.79. The van der Waals surface area contributed by atoms with Gasteiger partial charge in [-0.25, -0.2) is 4.79 Å². The van der Waals surface area contributed by atoms with Gasteiger partial charge >= 0.3 is 5.97 Å².